The molecule has 3 aromatic carbocycles. The molecule has 1 unspecified atom stereocenters. The minimum atomic E-state index is -0.336. The second kappa shape index (κ2) is 5.82. The van der Waals surface area contributed by atoms with Crippen molar-refractivity contribution in [3.8, 4) is 0 Å². The van der Waals surface area contributed by atoms with Crippen LogP contribution in [-0.2, 0) is 6.42 Å². The van der Waals surface area contributed by atoms with Crippen molar-refractivity contribution in [3.05, 3.63) is 83.4 Å². The Morgan fingerprint density at radius 3 is 2.38 bits per heavy atom. The van der Waals surface area contributed by atoms with Crippen LogP contribution in [0.1, 0.15) is 16.5 Å². The molecule has 3 rings (SSSR count). The van der Waals surface area contributed by atoms with E-state index < -0.39 is 0 Å². The highest BCUT2D eigenvalue weighted by molar-refractivity contribution is 6.22. The molecule has 0 aliphatic rings. The summed E-state index contributed by atoms with van der Waals surface area (Å²) in [5.74, 6) is -0.538. The van der Waals surface area contributed by atoms with Gasteiger partial charge in [-0.15, -0.1) is 11.6 Å². The third kappa shape index (κ3) is 2.91. The van der Waals surface area contributed by atoms with Gasteiger partial charge in [-0.25, -0.2) is 8.78 Å². The van der Waals surface area contributed by atoms with Gasteiger partial charge in [-0.2, -0.15) is 0 Å². The Balaban J connectivity index is 1.98. The molecule has 0 heterocycles. The number of rotatable bonds is 3. The van der Waals surface area contributed by atoms with Gasteiger partial charge in [0.25, 0.3) is 0 Å². The Bertz CT molecular complexity index is 783. The summed E-state index contributed by atoms with van der Waals surface area (Å²) < 4.78 is 27.1. The highest BCUT2D eigenvalue weighted by Gasteiger charge is 2.14. The first-order chi connectivity index (χ1) is 10.1. The van der Waals surface area contributed by atoms with Crippen molar-refractivity contribution in [2.75, 3.05) is 0 Å². The van der Waals surface area contributed by atoms with Gasteiger partial charge in [-0.1, -0.05) is 42.5 Å². The van der Waals surface area contributed by atoms with Crippen LogP contribution in [0.2, 0.25) is 0 Å². The first-order valence-corrected chi connectivity index (χ1v) is 7.14. The van der Waals surface area contributed by atoms with E-state index in [1.807, 2.05) is 18.2 Å². The summed E-state index contributed by atoms with van der Waals surface area (Å²) in [5.41, 5.74) is 1.68. The summed E-state index contributed by atoms with van der Waals surface area (Å²) in [4.78, 5) is 0. The molecule has 0 saturated carbocycles. The van der Waals surface area contributed by atoms with E-state index in [9.17, 15) is 8.78 Å². The van der Waals surface area contributed by atoms with Gasteiger partial charge >= 0.3 is 0 Å². The van der Waals surface area contributed by atoms with Crippen molar-refractivity contribution in [1.82, 2.24) is 0 Å². The molecule has 0 nitrogen and oxygen atoms in total. The average molecular weight is 303 g/mol. The Kier molecular flexibility index (Phi) is 3.89. The zero-order chi connectivity index (χ0) is 14.8. The average Bonchev–Trinajstić information content (AvgIpc) is 2.48. The van der Waals surface area contributed by atoms with E-state index in [1.54, 1.807) is 24.3 Å². The van der Waals surface area contributed by atoms with Crippen LogP contribution < -0.4 is 0 Å². The minimum Gasteiger partial charge on any atom is -0.207 e. The zero-order valence-corrected chi connectivity index (χ0v) is 11.9. The van der Waals surface area contributed by atoms with Crippen LogP contribution in [0.4, 0.5) is 8.78 Å². The summed E-state index contributed by atoms with van der Waals surface area (Å²) in [6.07, 6.45) is 0.495. The zero-order valence-electron chi connectivity index (χ0n) is 11.2. The third-order valence-electron chi connectivity index (χ3n) is 3.55. The van der Waals surface area contributed by atoms with Crippen LogP contribution in [0.25, 0.3) is 10.8 Å². The number of hydrogen-bond donors (Lipinski definition) is 0. The molecule has 3 aromatic rings. The summed E-state index contributed by atoms with van der Waals surface area (Å²) >= 11 is 6.48. The lowest BCUT2D eigenvalue weighted by Gasteiger charge is -2.13. The number of hydrogen-bond acceptors (Lipinski definition) is 0. The van der Waals surface area contributed by atoms with Gasteiger partial charge in [0.15, 0.2) is 0 Å². The van der Waals surface area contributed by atoms with Gasteiger partial charge in [0.05, 0.1) is 5.38 Å². The second-order valence-electron chi connectivity index (χ2n) is 4.98. The molecule has 0 aliphatic carbocycles. The van der Waals surface area contributed by atoms with Crippen LogP contribution in [-0.4, -0.2) is 0 Å². The normalized spacial score (nSPS) is 12.5. The summed E-state index contributed by atoms with van der Waals surface area (Å²) in [7, 11) is 0. The molecule has 0 spiro atoms. The van der Waals surface area contributed by atoms with Gasteiger partial charge in [0.1, 0.15) is 11.6 Å². The smallest absolute Gasteiger partial charge is 0.131 e. The molecular formula is C18H13ClF2. The second-order valence-corrected chi connectivity index (χ2v) is 5.51. The van der Waals surface area contributed by atoms with E-state index in [-0.39, 0.29) is 17.0 Å². The fourth-order valence-corrected chi connectivity index (χ4v) is 2.91. The van der Waals surface area contributed by atoms with Gasteiger partial charge in [-0.05, 0) is 41.1 Å². The number of halogens is 3. The maximum absolute atomic E-state index is 13.8. The molecular weight excluding hydrogens is 290 g/mol. The monoisotopic (exact) mass is 302 g/mol. The van der Waals surface area contributed by atoms with Gasteiger partial charge in [0.2, 0.25) is 0 Å². The fourth-order valence-electron chi connectivity index (χ4n) is 2.54. The molecule has 0 radical (unpaired) electrons. The lowest BCUT2D eigenvalue weighted by molar-refractivity contribution is 0.625. The van der Waals surface area contributed by atoms with Crippen molar-refractivity contribution in [2.24, 2.45) is 0 Å². The molecule has 106 valence electrons. The molecule has 0 aromatic heterocycles. The van der Waals surface area contributed by atoms with Gasteiger partial charge in [-0.3, -0.25) is 0 Å². The van der Waals surface area contributed by atoms with Crippen LogP contribution in [0.3, 0.4) is 0 Å². The van der Waals surface area contributed by atoms with Crippen molar-refractivity contribution in [1.29, 1.82) is 0 Å². The molecule has 0 fully saturated rings. The first kappa shape index (κ1) is 14.0. The predicted molar refractivity (Wildman–Crippen MR) is 82.6 cm³/mol. The summed E-state index contributed by atoms with van der Waals surface area (Å²) in [6, 6.07) is 16.8. The van der Waals surface area contributed by atoms with Gasteiger partial charge < -0.3 is 0 Å². The van der Waals surface area contributed by atoms with E-state index in [4.69, 9.17) is 11.6 Å². The molecule has 0 amide bonds. The third-order valence-corrected chi connectivity index (χ3v) is 3.94. The molecule has 0 saturated heterocycles. The molecule has 1 atom stereocenters. The van der Waals surface area contributed by atoms with E-state index >= 15 is 0 Å². The number of benzene rings is 3. The van der Waals surface area contributed by atoms with E-state index in [1.165, 1.54) is 18.2 Å². The largest absolute Gasteiger partial charge is 0.207 e. The number of fused-ring (bicyclic) bond motifs is 1. The predicted octanol–water partition coefficient (Wildman–Crippen LogP) is 5.64. The van der Waals surface area contributed by atoms with E-state index in [0.717, 1.165) is 16.5 Å². The minimum absolute atomic E-state index is 0.260. The van der Waals surface area contributed by atoms with Gasteiger partial charge in [0, 0.05) is 5.39 Å². The SMILES string of the molecule is Fc1cccc(CC(Cl)c2ccc(F)c3ccccc23)c1. The summed E-state index contributed by atoms with van der Waals surface area (Å²) in [5, 5.41) is 1.02. The number of alkyl halides is 1. The van der Waals surface area contributed by atoms with Crippen molar-refractivity contribution < 1.29 is 8.78 Å². The lowest BCUT2D eigenvalue weighted by atomic mass is 9.98. The Morgan fingerprint density at radius 1 is 0.857 bits per heavy atom. The molecule has 3 heteroatoms. The summed E-state index contributed by atoms with van der Waals surface area (Å²) in [6.45, 7) is 0. The van der Waals surface area contributed by atoms with E-state index in [0.29, 0.717) is 11.8 Å². The van der Waals surface area contributed by atoms with Crippen LogP contribution in [0.15, 0.2) is 60.7 Å². The Hall–Kier alpha value is -1.93. The fraction of sp³-hybridized carbons (Fsp3) is 0.111. The first-order valence-electron chi connectivity index (χ1n) is 6.71. The standard InChI is InChI=1S/C18H13ClF2/c19-17(11-12-4-3-5-13(20)10-12)15-8-9-18(21)16-7-2-1-6-14(15)16/h1-10,17H,11H2. The Morgan fingerprint density at radius 2 is 1.62 bits per heavy atom. The maximum atomic E-state index is 13.8. The molecule has 0 N–H and O–H groups in total. The highest BCUT2D eigenvalue weighted by Crippen LogP contribution is 2.32. The van der Waals surface area contributed by atoms with Crippen LogP contribution >= 0.6 is 11.6 Å². The van der Waals surface area contributed by atoms with Crippen LogP contribution in [0, 0.1) is 11.6 Å². The molecule has 0 bridgehead atoms. The lowest BCUT2D eigenvalue weighted by Crippen LogP contribution is -1.98. The molecule has 0 aliphatic heterocycles. The van der Waals surface area contributed by atoms with Crippen molar-refractivity contribution in [2.45, 2.75) is 11.8 Å². The maximum Gasteiger partial charge on any atom is 0.131 e. The van der Waals surface area contributed by atoms with Crippen molar-refractivity contribution in [3.63, 3.8) is 0 Å². The highest BCUT2D eigenvalue weighted by atomic mass is 35.5. The van der Waals surface area contributed by atoms with Crippen molar-refractivity contribution >= 4 is 22.4 Å². The molecule has 21 heavy (non-hydrogen) atoms. The topological polar surface area (TPSA) is 0 Å². The van der Waals surface area contributed by atoms with E-state index in [2.05, 4.69) is 0 Å². The Labute approximate surface area is 127 Å². The van der Waals surface area contributed by atoms with Crippen LogP contribution in [0.5, 0.6) is 0 Å². The quantitative estimate of drug-likeness (QED) is 0.549.